The molecule has 0 spiro atoms. The fourth-order valence-corrected chi connectivity index (χ4v) is 4.29. The van der Waals surface area contributed by atoms with E-state index in [-0.39, 0.29) is 11.3 Å². The summed E-state index contributed by atoms with van der Waals surface area (Å²) in [5, 5.41) is 0. The van der Waals surface area contributed by atoms with Crippen LogP contribution in [0.1, 0.15) is 35.8 Å². The fourth-order valence-electron chi connectivity index (χ4n) is 4.29. The number of nitrogens with zero attached hydrogens (tertiary/aromatic N) is 5. The maximum Gasteiger partial charge on any atom is 0.274 e. The van der Waals surface area contributed by atoms with Gasteiger partial charge in [0.1, 0.15) is 11.5 Å². The number of anilines is 1. The molecule has 2 aromatic rings. The normalized spacial score (nSPS) is 23.6. The van der Waals surface area contributed by atoms with Gasteiger partial charge in [-0.2, -0.15) is 0 Å². The van der Waals surface area contributed by atoms with Gasteiger partial charge in [-0.1, -0.05) is 37.3 Å². The van der Waals surface area contributed by atoms with E-state index in [1.165, 1.54) is 5.56 Å². The summed E-state index contributed by atoms with van der Waals surface area (Å²) in [4.78, 5) is 28.3. The number of piperazine rings is 1. The van der Waals surface area contributed by atoms with Crippen LogP contribution in [-0.2, 0) is 5.41 Å². The molecule has 2 fully saturated rings. The predicted molar refractivity (Wildman–Crippen MR) is 111 cm³/mol. The second-order valence-corrected chi connectivity index (χ2v) is 8.31. The number of benzene rings is 1. The van der Waals surface area contributed by atoms with Crippen molar-refractivity contribution in [2.24, 2.45) is 0 Å². The summed E-state index contributed by atoms with van der Waals surface area (Å²) in [5.74, 6) is 0.798. The van der Waals surface area contributed by atoms with Crippen LogP contribution >= 0.6 is 0 Å². The van der Waals surface area contributed by atoms with Crippen molar-refractivity contribution in [1.29, 1.82) is 0 Å². The van der Waals surface area contributed by atoms with E-state index in [1.807, 2.05) is 4.90 Å². The van der Waals surface area contributed by atoms with Gasteiger partial charge in [-0.25, -0.2) is 4.98 Å². The molecule has 6 nitrogen and oxygen atoms in total. The number of hydrogen-bond acceptors (Lipinski definition) is 5. The maximum atomic E-state index is 12.9. The Morgan fingerprint density at radius 1 is 1.04 bits per heavy atom. The quantitative estimate of drug-likeness (QED) is 0.820. The first kappa shape index (κ1) is 18.9. The van der Waals surface area contributed by atoms with Crippen molar-refractivity contribution in [3.8, 4) is 0 Å². The third-order valence-corrected chi connectivity index (χ3v) is 6.12. The van der Waals surface area contributed by atoms with Gasteiger partial charge in [0.05, 0.1) is 12.4 Å². The number of amides is 1. The van der Waals surface area contributed by atoms with Crippen molar-refractivity contribution >= 4 is 11.7 Å². The molecular formula is C22H29N5O. The summed E-state index contributed by atoms with van der Waals surface area (Å²) in [6.07, 6.45) is 5.65. The average molecular weight is 380 g/mol. The zero-order chi connectivity index (χ0) is 19.6. The van der Waals surface area contributed by atoms with Gasteiger partial charge in [-0.05, 0) is 25.5 Å². The second-order valence-electron chi connectivity index (χ2n) is 8.31. The van der Waals surface area contributed by atoms with Crippen molar-refractivity contribution in [1.82, 2.24) is 19.8 Å². The number of carbonyl (C=O) groups excluding carboxylic acids is 1. The monoisotopic (exact) mass is 379 g/mol. The van der Waals surface area contributed by atoms with Crippen molar-refractivity contribution in [2.45, 2.75) is 25.2 Å². The molecule has 0 unspecified atom stereocenters. The summed E-state index contributed by atoms with van der Waals surface area (Å²) < 4.78 is 0. The Hall–Kier alpha value is -2.47. The van der Waals surface area contributed by atoms with Crippen LogP contribution in [0, 0.1) is 0 Å². The third kappa shape index (κ3) is 3.87. The van der Waals surface area contributed by atoms with E-state index in [4.69, 9.17) is 4.98 Å². The number of hydrogen-bond donors (Lipinski definition) is 0. The number of piperidine rings is 1. The lowest BCUT2D eigenvalue weighted by Gasteiger charge is -2.41. The molecule has 0 aliphatic carbocycles. The van der Waals surface area contributed by atoms with Gasteiger partial charge < -0.3 is 14.7 Å². The van der Waals surface area contributed by atoms with Gasteiger partial charge in [0.15, 0.2) is 0 Å². The Kier molecular flexibility index (Phi) is 5.31. The van der Waals surface area contributed by atoms with E-state index in [2.05, 4.69) is 59.1 Å². The molecule has 0 bridgehead atoms. The number of likely N-dealkylation sites (N-methyl/N-ethyl adjacent to an activating group) is 1. The molecule has 0 radical (unpaired) electrons. The predicted octanol–water partition coefficient (Wildman–Crippen LogP) is 2.42. The molecule has 1 aromatic heterocycles. The molecule has 1 amide bonds. The molecular weight excluding hydrogens is 350 g/mol. The van der Waals surface area contributed by atoms with Crippen LogP contribution in [0.3, 0.4) is 0 Å². The van der Waals surface area contributed by atoms with Crippen LogP contribution in [0.5, 0.6) is 0 Å². The van der Waals surface area contributed by atoms with Crippen molar-refractivity contribution in [2.75, 3.05) is 51.2 Å². The van der Waals surface area contributed by atoms with Crippen LogP contribution in [0.15, 0.2) is 42.7 Å². The first-order valence-electron chi connectivity index (χ1n) is 10.2. The van der Waals surface area contributed by atoms with E-state index >= 15 is 0 Å². The van der Waals surface area contributed by atoms with Gasteiger partial charge in [-0.3, -0.25) is 9.78 Å². The topological polar surface area (TPSA) is 52.6 Å². The minimum absolute atomic E-state index is 0.00900. The first-order chi connectivity index (χ1) is 13.5. The zero-order valence-corrected chi connectivity index (χ0v) is 16.8. The zero-order valence-electron chi connectivity index (χ0n) is 16.8. The van der Waals surface area contributed by atoms with E-state index in [0.717, 1.165) is 57.9 Å². The molecule has 28 heavy (non-hydrogen) atoms. The van der Waals surface area contributed by atoms with Gasteiger partial charge >= 0.3 is 0 Å². The second kappa shape index (κ2) is 7.87. The molecule has 0 N–H and O–H groups in total. The highest BCUT2D eigenvalue weighted by Crippen LogP contribution is 2.35. The lowest BCUT2D eigenvalue weighted by Crippen LogP contribution is -2.47. The summed E-state index contributed by atoms with van der Waals surface area (Å²) in [7, 11) is 2.09. The molecule has 2 aliphatic heterocycles. The van der Waals surface area contributed by atoms with E-state index in [9.17, 15) is 4.79 Å². The molecule has 1 atom stereocenters. The van der Waals surface area contributed by atoms with Gasteiger partial charge in [-0.15, -0.1) is 0 Å². The number of carbonyl (C=O) groups is 1. The van der Waals surface area contributed by atoms with E-state index < -0.39 is 0 Å². The van der Waals surface area contributed by atoms with E-state index in [1.54, 1.807) is 12.4 Å². The number of rotatable bonds is 3. The lowest BCUT2D eigenvalue weighted by molar-refractivity contribution is 0.0658. The molecule has 0 saturated carbocycles. The summed E-state index contributed by atoms with van der Waals surface area (Å²) in [6.45, 7) is 7.46. The molecule has 3 heterocycles. The fraction of sp³-hybridized carbons (Fsp3) is 0.500. The Bertz CT molecular complexity index is 819. The first-order valence-corrected chi connectivity index (χ1v) is 10.2. The van der Waals surface area contributed by atoms with Gasteiger partial charge in [0, 0.05) is 44.7 Å². The Labute approximate surface area is 167 Å². The average Bonchev–Trinajstić information content (AvgIpc) is 2.74. The van der Waals surface area contributed by atoms with Crippen LogP contribution in [0.25, 0.3) is 0 Å². The van der Waals surface area contributed by atoms with Crippen molar-refractivity contribution in [3.05, 3.63) is 54.0 Å². The van der Waals surface area contributed by atoms with Crippen LogP contribution < -0.4 is 4.90 Å². The third-order valence-electron chi connectivity index (χ3n) is 6.12. The molecule has 2 saturated heterocycles. The molecule has 6 heteroatoms. The van der Waals surface area contributed by atoms with Gasteiger partial charge in [0.25, 0.3) is 5.91 Å². The van der Waals surface area contributed by atoms with Crippen molar-refractivity contribution < 1.29 is 4.79 Å². The highest BCUT2D eigenvalue weighted by atomic mass is 16.2. The highest BCUT2D eigenvalue weighted by molar-refractivity contribution is 5.92. The molecule has 148 valence electrons. The van der Waals surface area contributed by atoms with E-state index in [0.29, 0.717) is 5.69 Å². The maximum absolute atomic E-state index is 12.9. The minimum Gasteiger partial charge on any atom is -0.354 e. The lowest BCUT2D eigenvalue weighted by atomic mass is 9.76. The molecule has 1 aromatic carbocycles. The smallest absolute Gasteiger partial charge is 0.274 e. The molecule has 4 rings (SSSR count). The van der Waals surface area contributed by atoms with Crippen LogP contribution in [-0.4, -0.2) is 72.0 Å². The van der Waals surface area contributed by atoms with Gasteiger partial charge in [0.2, 0.25) is 0 Å². The number of aromatic nitrogens is 2. The SMILES string of the molecule is CN1CCN(C(=O)c2cncc(N3CCC[C@](C)(c4ccccc4)C3)n2)CC1. The van der Waals surface area contributed by atoms with Crippen LogP contribution in [0.2, 0.25) is 0 Å². The summed E-state index contributed by atoms with van der Waals surface area (Å²) in [5.41, 5.74) is 1.89. The summed E-state index contributed by atoms with van der Waals surface area (Å²) in [6, 6.07) is 10.7. The minimum atomic E-state index is -0.00900. The Morgan fingerprint density at radius 2 is 1.79 bits per heavy atom. The Balaban J connectivity index is 1.52. The Morgan fingerprint density at radius 3 is 2.54 bits per heavy atom. The molecule has 2 aliphatic rings. The summed E-state index contributed by atoms with van der Waals surface area (Å²) >= 11 is 0. The largest absolute Gasteiger partial charge is 0.354 e. The van der Waals surface area contributed by atoms with Crippen LogP contribution in [0.4, 0.5) is 5.82 Å². The van der Waals surface area contributed by atoms with Crippen molar-refractivity contribution in [3.63, 3.8) is 0 Å². The highest BCUT2D eigenvalue weighted by Gasteiger charge is 2.33. The standard InChI is InChI=1S/C22H29N5O/c1-22(18-7-4-3-5-8-18)9-6-10-27(17-22)20-16-23-15-19(24-20)21(28)26-13-11-25(2)12-14-26/h3-5,7-8,15-16H,6,9-14,17H2,1-2H3/t22-/m0/s1.